The minimum atomic E-state index is -0.971. The quantitative estimate of drug-likeness (QED) is 0.323. The molecule has 0 aromatic rings. The minimum absolute atomic E-state index is 0.00394. The first-order valence-corrected chi connectivity index (χ1v) is 14.8. The van der Waals surface area contributed by atoms with E-state index in [1.807, 2.05) is 0 Å². The lowest BCUT2D eigenvalue weighted by Crippen LogP contribution is -2.67. The van der Waals surface area contributed by atoms with Gasteiger partial charge in [0.15, 0.2) is 0 Å². The van der Waals surface area contributed by atoms with E-state index in [0.29, 0.717) is 24.2 Å². The first kappa shape index (κ1) is 27.2. The molecule has 0 bridgehead atoms. The van der Waals surface area contributed by atoms with Gasteiger partial charge in [0.2, 0.25) is 6.29 Å². The second kappa shape index (κ2) is 8.57. The third-order valence-corrected chi connectivity index (χ3v) is 13.0. The predicted molar refractivity (Wildman–Crippen MR) is 143 cm³/mol. The van der Waals surface area contributed by atoms with Gasteiger partial charge in [-0.05, 0) is 105 Å². The van der Waals surface area contributed by atoms with Gasteiger partial charge in [0.05, 0.1) is 5.41 Å². The zero-order chi connectivity index (χ0) is 27.2. The van der Waals surface area contributed by atoms with Crippen LogP contribution in [0.1, 0.15) is 113 Å². The van der Waals surface area contributed by atoms with Crippen molar-refractivity contribution in [1.29, 1.82) is 0 Å². The van der Waals surface area contributed by atoms with E-state index in [2.05, 4.69) is 54.5 Å². The molecule has 4 saturated carbocycles. The van der Waals surface area contributed by atoms with Crippen LogP contribution in [0.5, 0.6) is 0 Å². The zero-order valence-electron chi connectivity index (χ0n) is 24.5. The largest absolute Gasteiger partial charge is 0.462 e. The molecule has 37 heavy (non-hydrogen) atoms. The Kier molecular flexibility index (Phi) is 6.30. The molecule has 0 aromatic heterocycles. The number of cyclic esters (lactones) is 1. The average Bonchev–Trinajstić information content (AvgIpc) is 3.06. The molecule has 1 N–H and O–H groups in total. The minimum Gasteiger partial charge on any atom is -0.462 e. The van der Waals surface area contributed by atoms with E-state index in [9.17, 15) is 14.7 Å². The summed E-state index contributed by atoms with van der Waals surface area (Å²) in [6.07, 6.45) is 10.3. The number of aliphatic hydroxyl groups is 1. The Bertz CT molecular complexity index is 995. The summed E-state index contributed by atoms with van der Waals surface area (Å²) in [6.45, 7) is 18.2. The number of hydrogen-bond donors (Lipinski definition) is 1. The molecule has 0 amide bonds. The second-order valence-corrected chi connectivity index (χ2v) is 15.1. The van der Waals surface area contributed by atoms with E-state index in [1.54, 1.807) is 6.92 Å². The number of allylic oxidation sites excluding steroid dienone is 2. The molecule has 1 saturated heterocycles. The van der Waals surface area contributed by atoms with Crippen molar-refractivity contribution in [2.24, 2.45) is 50.7 Å². The SMILES string of the molecule is CC(=O)OC1CCC2(C)C(CCC3(C)C2CCC2C(C=C(C)C)C4(CCC23C)CC(O)OC4=O)C1(C)C. The summed E-state index contributed by atoms with van der Waals surface area (Å²) in [5, 5.41) is 10.4. The summed E-state index contributed by atoms with van der Waals surface area (Å²) in [7, 11) is 0. The number of rotatable bonds is 2. The monoisotopic (exact) mass is 514 g/mol. The fourth-order valence-electron chi connectivity index (χ4n) is 11.2. The van der Waals surface area contributed by atoms with Crippen molar-refractivity contribution in [1.82, 2.24) is 0 Å². The lowest BCUT2D eigenvalue weighted by atomic mass is 9.32. The lowest BCUT2D eigenvalue weighted by Gasteiger charge is -2.72. The first-order chi connectivity index (χ1) is 17.1. The van der Waals surface area contributed by atoms with E-state index in [-0.39, 0.29) is 45.6 Å². The Morgan fingerprint density at radius 3 is 2.22 bits per heavy atom. The van der Waals surface area contributed by atoms with Gasteiger partial charge < -0.3 is 14.6 Å². The summed E-state index contributed by atoms with van der Waals surface area (Å²) in [6, 6.07) is 0. The molecule has 10 unspecified atom stereocenters. The standard InChI is InChI=1S/C32H50O5/c1-19(2)17-22-21-9-10-24-29(6)13-12-25(36-20(3)33)28(4,5)23(29)11-14-31(24,8)30(21,7)15-16-32(22)18-26(34)37-27(32)35/h17,21-26,34H,9-16,18H2,1-8H3. The third-order valence-electron chi connectivity index (χ3n) is 13.0. The van der Waals surface area contributed by atoms with Crippen LogP contribution in [-0.2, 0) is 19.1 Å². The maximum absolute atomic E-state index is 13.3. The molecule has 5 fully saturated rings. The Labute approximate surface area is 224 Å². The number of hydrogen-bond acceptors (Lipinski definition) is 5. The Morgan fingerprint density at radius 2 is 1.62 bits per heavy atom. The van der Waals surface area contributed by atoms with E-state index < -0.39 is 11.7 Å². The molecule has 1 spiro atoms. The lowest BCUT2D eigenvalue weighted by molar-refractivity contribution is -0.246. The number of esters is 2. The van der Waals surface area contributed by atoms with Crippen LogP contribution in [-0.4, -0.2) is 29.4 Å². The molecular formula is C32H50O5. The topological polar surface area (TPSA) is 72.8 Å². The molecule has 208 valence electrons. The highest BCUT2D eigenvalue weighted by Crippen LogP contribution is 2.76. The smallest absolute Gasteiger partial charge is 0.315 e. The molecule has 10 atom stereocenters. The third kappa shape index (κ3) is 3.64. The maximum atomic E-state index is 13.3. The molecule has 0 radical (unpaired) electrons. The normalized spacial score (nSPS) is 50.4. The molecule has 5 rings (SSSR count). The van der Waals surface area contributed by atoms with Crippen LogP contribution in [0.15, 0.2) is 11.6 Å². The van der Waals surface area contributed by atoms with Crippen LogP contribution in [0, 0.1) is 50.7 Å². The Hall–Kier alpha value is -1.36. The average molecular weight is 515 g/mol. The molecular weight excluding hydrogens is 464 g/mol. The molecule has 5 heteroatoms. The molecule has 5 nitrogen and oxygen atoms in total. The van der Waals surface area contributed by atoms with Gasteiger partial charge in [0.1, 0.15) is 6.10 Å². The molecule has 5 aliphatic rings. The van der Waals surface area contributed by atoms with Crippen LogP contribution in [0.25, 0.3) is 0 Å². The predicted octanol–water partition coefficient (Wildman–Crippen LogP) is 6.82. The van der Waals surface area contributed by atoms with Crippen molar-refractivity contribution in [3.05, 3.63) is 11.6 Å². The second-order valence-electron chi connectivity index (χ2n) is 15.1. The van der Waals surface area contributed by atoms with Gasteiger partial charge in [-0.2, -0.15) is 0 Å². The van der Waals surface area contributed by atoms with Crippen molar-refractivity contribution >= 4 is 11.9 Å². The van der Waals surface area contributed by atoms with Crippen molar-refractivity contribution < 1.29 is 24.2 Å². The van der Waals surface area contributed by atoms with Gasteiger partial charge in [-0.1, -0.05) is 46.3 Å². The molecule has 4 aliphatic carbocycles. The van der Waals surface area contributed by atoms with Gasteiger partial charge in [0.25, 0.3) is 0 Å². The van der Waals surface area contributed by atoms with Crippen LogP contribution in [0.2, 0.25) is 0 Å². The maximum Gasteiger partial charge on any atom is 0.315 e. The Balaban J connectivity index is 1.52. The highest BCUT2D eigenvalue weighted by atomic mass is 16.6. The van der Waals surface area contributed by atoms with Crippen LogP contribution < -0.4 is 0 Å². The van der Waals surface area contributed by atoms with Gasteiger partial charge in [0, 0.05) is 18.8 Å². The van der Waals surface area contributed by atoms with E-state index in [1.165, 1.54) is 18.4 Å². The fourth-order valence-corrected chi connectivity index (χ4v) is 11.2. The first-order valence-electron chi connectivity index (χ1n) is 14.8. The summed E-state index contributed by atoms with van der Waals surface area (Å²) in [5.74, 6) is 1.31. The van der Waals surface area contributed by atoms with Gasteiger partial charge in [-0.15, -0.1) is 0 Å². The summed E-state index contributed by atoms with van der Waals surface area (Å²) in [4.78, 5) is 25.2. The van der Waals surface area contributed by atoms with Crippen LogP contribution in [0.4, 0.5) is 0 Å². The summed E-state index contributed by atoms with van der Waals surface area (Å²) in [5.41, 5.74) is 1.14. The van der Waals surface area contributed by atoms with Crippen molar-refractivity contribution in [2.45, 2.75) is 126 Å². The highest BCUT2D eigenvalue weighted by Gasteiger charge is 2.71. The van der Waals surface area contributed by atoms with Crippen molar-refractivity contribution in [3.63, 3.8) is 0 Å². The van der Waals surface area contributed by atoms with E-state index in [0.717, 1.165) is 38.5 Å². The molecule has 0 aromatic carbocycles. The zero-order valence-corrected chi connectivity index (χ0v) is 24.5. The summed E-state index contributed by atoms with van der Waals surface area (Å²) < 4.78 is 11.3. The molecule has 1 heterocycles. The van der Waals surface area contributed by atoms with Crippen LogP contribution in [0.3, 0.4) is 0 Å². The fraction of sp³-hybridized carbons (Fsp3) is 0.875. The van der Waals surface area contributed by atoms with Gasteiger partial charge in [-0.25, -0.2) is 0 Å². The van der Waals surface area contributed by atoms with Gasteiger partial charge >= 0.3 is 11.9 Å². The number of ether oxygens (including phenoxy) is 2. The van der Waals surface area contributed by atoms with Crippen molar-refractivity contribution in [3.8, 4) is 0 Å². The number of aliphatic hydroxyl groups excluding tert-OH is 1. The number of fused-ring (bicyclic) bond motifs is 5. The van der Waals surface area contributed by atoms with E-state index >= 15 is 0 Å². The highest BCUT2D eigenvalue weighted by molar-refractivity contribution is 5.80. The van der Waals surface area contributed by atoms with Crippen molar-refractivity contribution in [2.75, 3.05) is 0 Å². The number of carbonyl (C=O) groups is 2. The number of carbonyl (C=O) groups excluding carboxylic acids is 2. The Morgan fingerprint density at radius 1 is 0.919 bits per heavy atom. The van der Waals surface area contributed by atoms with Crippen LogP contribution >= 0.6 is 0 Å². The summed E-state index contributed by atoms with van der Waals surface area (Å²) >= 11 is 0. The van der Waals surface area contributed by atoms with Gasteiger partial charge in [-0.3, -0.25) is 9.59 Å². The van der Waals surface area contributed by atoms with E-state index in [4.69, 9.17) is 9.47 Å². The molecule has 1 aliphatic heterocycles.